The molecule has 1 atom stereocenters. The second-order valence-electron chi connectivity index (χ2n) is 3.60. The molecule has 0 aliphatic heterocycles. The van der Waals surface area contributed by atoms with Gasteiger partial charge in [0.1, 0.15) is 0 Å². The van der Waals surface area contributed by atoms with Gasteiger partial charge in [-0.25, -0.2) is 4.79 Å². The van der Waals surface area contributed by atoms with Crippen molar-refractivity contribution >= 4 is 41.2 Å². The van der Waals surface area contributed by atoms with Crippen molar-refractivity contribution in [2.24, 2.45) is 0 Å². The summed E-state index contributed by atoms with van der Waals surface area (Å²) in [6, 6.07) is 4.79. The molecule has 0 aliphatic rings. The lowest BCUT2D eigenvalue weighted by atomic mass is 10.2. The number of hydrogen-bond donors (Lipinski definition) is 3. The van der Waals surface area contributed by atoms with Crippen LogP contribution in [0, 0.1) is 0 Å². The standard InChI is InChI=1S/C12H11Cl2NO4/c13-8-2-3-9(14)7(5-8)1-4-11(17)15-6-10(16)12(18)19/h1-5,10,16H,6H2,(H,15,17)(H,18,19). The van der Waals surface area contributed by atoms with Gasteiger partial charge in [0.2, 0.25) is 5.91 Å². The molecule has 0 saturated carbocycles. The van der Waals surface area contributed by atoms with Gasteiger partial charge in [0.15, 0.2) is 6.10 Å². The molecule has 0 heterocycles. The molecule has 0 spiro atoms. The van der Waals surface area contributed by atoms with Crippen LogP contribution in [-0.4, -0.2) is 34.7 Å². The van der Waals surface area contributed by atoms with Crippen LogP contribution in [0.5, 0.6) is 0 Å². The number of carbonyl (C=O) groups excluding carboxylic acids is 1. The Morgan fingerprint density at radius 3 is 2.68 bits per heavy atom. The van der Waals surface area contributed by atoms with Crippen molar-refractivity contribution in [2.45, 2.75) is 6.10 Å². The molecular weight excluding hydrogens is 293 g/mol. The second kappa shape index (κ2) is 7.13. The minimum atomic E-state index is -1.63. The highest BCUT2D eigenvalue weighted by atomic mass is 35.5. The van der Waals surface area contributed by atoms with E-state index in [4.69, 9.17) is 33.4 Å². The zero-order valence-corrected chi connectivity index (χ0v) is 11.1. The number of aliphatic hydroxyl groups is 1. The van der Waals surface area contributed by atoms with Crippen molar-refractivity contribution in [3.8, 4) is 0 Å². The van der Waals surface area contributed by atoms with Gasteiger partial charge in [0.05, 0.1) is 6.54 Å². The first kappa shape index (κ1) is 15.5. The number of hydrogen-bond acceptors (Lipinski definition) is 3. The molecule has 102 valence electrons. The third kappa shape index (κ3) is 5.30. The number of benzene rings is 1. The van der Waals surface area contributed by atoms with Crippen LogP contribution in [-0.2, 0) is 9.59 Å². The Morgan fingerprint density at radius 2 is 2.05 bits per heavy atom. The van der Waals surface area contributed by atoms with E-state index in [-0.39, 0.29) is 6.54 Å². The van der Waals surface area contributed by atoms with Crippen LogP contribution in [0.4, 0.5) is 0 Å². The Hall–Kier alpha value is -1.56. The molecule has 3 N–H and O–H groups in total. The molecule has 1 aromatic carbocycles. The average molecular weight is 304 g/mol. The summed E-state index contributed by atoms with van der Waals surface area (Å²) in [7, 11) is 0. The summed E-state index contributed by atoms with van der Waals surface area (Å²) in [6.07, 6.45) is 0.982. The highest BCUT2D eigenvalue weighted by Crippen LogP contribution is 2.21. The quantitative estimate of drug-likeness (QED) is 0.721. The van der Waals surface area contributed by atoms with Crippen molar-refractivity contribution in [1.29, 1.82) is 0 Å². The van der Waals surface area contributed by atoms with Crippen molar-refractivity contribution < 1.29 is 19.8 Å². The van der Waals surface area contributed by atoms with Crippen molar-refractivity contribution in [1.82, 2.24) is 5.32 Å². The van der Waals surface area contributed by atoms with Crippen molar-refractivity contribution in [3.05, 3.63) is 39.9 Å². The molecule has 5 nitrogen and oxygen atoms in total. The molecule has 0 fully saturated rings. The molecule has 1 aromatic rings. The Kier molecular flexibility index (Phi) is 5.82. The van der Waals surface area contributed by atoms with E-state index in [1.54, 1.807) is 18.2 Å². The molecule has 1 amide bonds. The number of carboxylic acid groups (broad SMARTS) is 1. The lowest BCUT2D eigenvalue weighted by Gasteiger charge is -2.05. The van der Waals surface area contributed by atoms with Crippen LogP contribution in [0.3, 0.4) is 0 Å². The molecule has 0 radical (unpaired) electrons. The van der Waals surface area contributed by atoms with Gasteiger partial charge in [0.25, 0.3) is 0 Å². The number of amides is 1. The minimum absolute atomic E-state index is 0.373. The van der Waals surface area contributed by atoms with Crippen LogP contribution in [0.1, 0.15) is 5.56 Å². The van der Waals surface area contributed by atoms with Gasteiger partial charge in [-0.15, -0.1) is 0 Å². The minimum Gasteiger partial charge on any atom is -0.479 e. The van der Waals surface area contributed by atoms with Gasteiger partial charge < -0.3 is 15.5 Å². The normalized spacial score (nSPS) is 12.4. The van der Waals surface area contributed by atoms with E-state index in [1.165, 1.54) is 12.2 Å². The number of carboxylic acids is 1. The maximum Gasteiger partial charge on any atom is 0.334 e. The third-order valence-electron chi connectivity index (χ3n) is 2.13. The molecule has 0 aromatic heterocycles. The largest absolute Gasteiger partial charge is 0.479 e. The van der Waals surface area contributed by atoms with E-state index in [0.717, 1.165) is 0 Å². The van der Waals surface area contributed by atoms with Gasteiger partial charge in [-0.05, 0) is 29.8 Å². The van der Waals surface area contributed by atoms with Crippen molar-refractivity contribution in [3.63, 3.8) is 0 Å². The fourth-order valence-corrected chi connectivity index (χ4v) is 1.51. The van der Waals surface area contributed by atoms with E-state index >= 15 is 0 Å². The van der Waals surface area contributed by atoms with Crippen LogP contribution in [0.2, 0.25) is 10.0 Å². The van der Waals surface area contributed by atoms with Crippen LogP contribution in [0.25, 0.3) is 6.08 Å². The van der Waals surface area contributed by atoms with Crippen molar-refractivity contribution in [2.75, 3.05) is 6.54 Å². The van der Waals surface area contributed by atoms with Crippen LogP contribution < -0.4 is 5.32 Å². The fourth-order valence-electron chi connectivity index (χ4n) is 1.15. The summed E-state index contributed by atoms with van der Waals surface area (Å²) in [4.78, 5) is 21.7. The number of carbonyl (C=O) groups is 2. The zero-order valence-electron chi connectivity index (χ0n) is 9.64. The smallest absolute Gasteiger partial charge is 0.334 e. The van der Waals surface area contributed by atoms with E-state index in [1.807, 2.05) is 0 Å². The summed E-state index contributed by atoms with van der Waals surface area (Å²) < 4.78 is 0. The predicted octanol–water partition coefficient (Wildman–Crippen LogP) is 1.57. The summed E-state index contributed by atoms with van der Waals surface area (Å²) >= 11 is 11.7. The van der Waals surface area contributed by atoms with E-state index in [2.05, 4.69) is 5.32 Å². The summed E-state index contributed by atoms with van der Waals surface area (Å²) in [5, 5.41) is 20.5. The zero-order chi connectivity index (χ0) is 14.4. The molecular formula is C12H11Cl2NO4. The Labute approximate surface area is 119 Å². The summed E-state index contributed by atoms with van der Waals surface area (Å²) in [5.74, 6) is -1.95. The van der Waals surface area contributed by atoms with E-state index in [0.29, 0.717) is 15.6 Å². The van der Waals surface area contributed by atoms with Crippen LogP contribution in [0.15, 0.2) is 24.3 Å². The predicted molar refractivity (Wildman–Crippen MR) is 72.1 cm³/mol. The number of halogens is 2. The molecule has 0 bridgehead atoms. The van der Waals surface area contributed by atoms with Crippen LogP contribution >= 0.6 is 23.2 Å². The molecule has 0 aliphatic carbocycles. The Bertz CT molecular complexity index is 516. The third-order valence-corrected chi connectivity index (χ3v) is 2.71. The molecule has 7 heteroatoms. The van der Waals surface area contributed by atoms with Gasteiger partial charge >= 0.3 is 5.97 Å². The SMILES string of the molecule is O=C(C=Cc1cc(Cl)ccc1Cl)NCC(O)C(=O)O. The topological polar surface area (TPSA) is 86.6 Å². The maximum atomic E-state index is 11.4. The Balaban J connectivity index is 2.59. The average Bonchev–Trinajstić information content (AvgIpc) is 2.36. The lowest BCUT2D eigenvalue weighted by Crippen LogP contribution is -2.35. The maximum absolute atomic E-state index is 11.4. The van der Waals surface area contributed by atoms with Gasteiger partial charge in [0, 0.05) is 16.1 Å². The molecule has 19 heavy (non-hydrogen) atoms. The summed E-state index contributed by atoms with van der Waals surface area (Å²) in [5.41, 5.74) is 0.558. The molecule has 1 rings (SSSR count). The second-order valence-corrected chi connectivity index (χ2v) is 4.44. The number of rotatable bonds is 5. The highest BCUT2D eigenvalue weighted by Gasteiger charge is 2.12. The first-order chi connectivity index (χ1) is 8.90. The fraction of sp³-hybridized carbons (Fsp3) is 0.167. The monoisotopic (exact) mass is 303 g/mol. The van der Waals surface area contributed by atoms with E-state index in [9.17, 15) is 9.59 Å². The highest BCUT2D eigenvalue weighted by molar-refractivity contribution is 6.34. The summed E-state index contributed by atoms with van der Waals surface area (Å²) in [6.45, 7) is -0.373. The van der Waals surface area contributed by atoms with Gasteiger partial charge in [-0.2, -0.15) is 0 Å². The van der Waals surface area contributed by atoms with Gasteiger partial charge in [-0.3, -0.25) is 4.79 Å². The van der Waals surface area contributed by atoms with Gasteiger partial charge in [-0.1, -0.05) is 23.2 Å². The molecule has 0 saturated heterocycles. The molecule has 1 unspecified atom stereocenters. The first-order valence-electron chi connectivity index (χ1n) is 5.22. The number of aliphatic hydroxyl groups excluding tert-OH is 1. The number of nitrogens with one attached hydrogen (secondary N) is 1. The number of aliphatic carboxylic acids is 1. The van der Waals surface area contributed by atoms with E-state index < -0.39 is 18.0 Å². The lowest BCUT2D eigenvalue weighted by molar-refractivity contribution is -0.146. The Morgan fingerprint density at radius 1 is 1.37 bits per heavy atom. The first-order valence-corrected chi connectivity index (χ1v) is 5.97.